The molecule has 0 aromatic carbocycles. The van der Waals surface area contributed by atoms with Crippen LogP contribution in [-0.2, 0) is 11.2 Å². The summed E-state index contributed by atoms with van der Waals surface area (Å²) in [6.45, 7) is 2.70. The highest BCUT2D eigenvalue weighted by molar-refractivity contribution is 5.80. The predicted octanol–water partition coefficient (Wildman–Crippen LogP) is 1.50. The number of fused-ring (bicyclic) bond motifs is 1. The number of hydrogen-bond acceptors (Lipinski definition) is 3. The van der Waals surface area contributed by atoms with Crippen molar-refractivity contribution in [2.75, 3.05) is 6.54 Å². The highest BCUT2D eigenvalue weighted by Crippen LogP contribution is 2.28. The molecule has 3 rings (SSSR count). The van der Waals surface area contributed by atoms with Gasteiger partial charge in [-0.3, -0.25) is 4.79 Å². The highest BCUT2D eigenvalue weighted by atomic mass is 16.2. The first-order chi connectivity index (χ1) is 9.22. The number of nitrogens with zero attached hydrogens (tertiary/aromatic N) is 3. The van der Waals surface area contributed by atoms with Gasteiger partial charge in [0.15, 0.2) is 5.65 Å². The Morgan fingerprint density at radius 1 is 1.53 bits per heavy atom. The smallest absolute Gasteiger partial charge is 0.223 e. The van der Waals surface area contributed by atoms with Gasteiger partial charge in [-0.25, -0.2) is 9.50 Å². The Balaban J connectivity index is 1.51. The standard InChI is InChI=1S/C14H18N4O/c1-10-7-13-16-8-11(9-18(13)17-10)3-2-6-15-14(19)12-4-5-12/h7-9,12H,2-6H2,1H3,(H,15,19). The van der Waals surface area contributed by atoms with Crippen molar-refractivity contribution in [3.05, 3.63) is 29.7 Å². The summed E-state index contributed by atoms with van der Waals surface area (Å²) in [6, 6.07) is 1.96. The van der Waals surface area contributed by atoms with Crippen molar-refractivity contribution in [3.63, 3.8) is 0 Å². The molecular weight excluding hydrogens is 240 g/mol. The molecule has 19 heavy (non-hydrogen) atoms. The zero-order chi connectivity index (χ0) is 13.2. The van der Waals surface area contributed by atoms with E-state index in [1.807, 2.05) is 29.9 Å². The zero-order valence-corrected chi connectivity index (χ0v) is 11.1. The predicted molar refractivity (Wildman–Crippen MR) is 71.8 cm³/mol. The van der Waals surface area contributed by atoms with Gasteiger partial charge in [-0.2, -0.15) is 5.10 Å². The van der Waals surface area contributed by atoms with Crippen LogP contribution in [0.4, 0.5) is 0 Å². The van der Waals surface area contributed by atoms with Crippen LogP contribution in [-0.4, -0.2) is 27.0 Å². The van der Waals surface area contributed by atoms with Crippen molar-refractivity contribution >= 4 is 11.6 Å². The Kier molecular flexibility index (Phi) is 3.19. The molecule has 2 aromatic heterocycles. The summed E-state index contributed by atoms with van der Waals surface area (Å²) in [5.74, 6) is 0.515. The van der Waals surface area contributed by atoms with Gasteiger partial charge in [-0.15, -0.1) is 0 Å². The SMILES string of the molecule is Cc1cc2ncc(CCCNC(=O)C3CC3)cn2n1. The van der Waals surface area contributed by atoms with Crippen molar-refractivity contribution < 1.29 is 4.79 Å². The van der Waals surface area contributed by atoms with E-state index in [9.17, 15) is 4.79 Å². The molecule has 1 saturated carbocycles. The summed E-state index contributed by atoms with van der Waals surface area (Å²) in [5, 5.41) is 7.32. The van der Waals surface area contributed by atoms with Crippen LogP contribution in [0.25, 0.3) is 5.65 Å². The minimum Gasteiger partial charge on any atom is -0.356 e. The first kappa shape index (κ1) is 12.1. The van der Waals surface area contributed by atoms with E-state index in [0.29, 0.717) is 5.92 Å². The number of aromatic nitrogens is 3. The van der Waals surface area contributed by atoms with E-state index in [0.717, 1.165) is 49.1 Å². The van der Waals surface area contributed by atoms with Gasteiger partial charge in [-0.1, -0.05) is 0 Å². The average Bonchev–Trinajstić information content (AvgIpc) is 3.16. The summed E-state index contributed by atoms with van der Waals surface area (Å²) in [4.78, 5) is 15.8. The second-order valence-corrected chi connectivity index (χ2v) is 5.22. The first-order valence-electron chi connectivity index (χ1n) is 6.81. The molecule has 1 N–H and O–H groups in total. The molecule has 0 atom stereocenters. The lowest BCUT2D eigenvalue weighted by atomic mass is 10.2. The molecule has 1 fully saturated rings. The molecule has 0 radical (unpaired) electrons. The van der Waals surface area contributed by atoms with Gasteiger partial charge >= 0.3 is 0 Å². The number of nitrogens with one attached hydrogen (secondary N) is 1. The van der Waals surface area contributed by atoms with E-state index in [-0.39, 0.29) is 5.91 Å². The summed E-state index contributed by atoms with van der Waals surface area (Å²) < 4.78 is 1.81. The van der Waals surface area contributed by atoms with Gasteiger partial charge in [0.2, 0.25) is 5.91 Å². The van der Waals surface area contributed by atoms with Crippen LogP contribution >= 0.6 is 0 Å². The van der Waals surface area contributed by atoms with Crippen LogP contribution in [0, 0.1) is 12.8 Å². The second-order valence-electron chi connectivity index (χ2n) is 5.22. The quantitative estimate of drug-likeness (QED) is 0.827. The zero-order valence-electron chi connectivity index (χ0n) is 11.1. The van der Waals surface area contributed by atoms with E-state index in [1.54, 1.807) is 0 Å². The third-order valence-electron chi connectivity index (χ3n) is 3.38. The second kappa shape index (κ2) is 4.99. The third-order valence-corrected chi connectivity index (χ3v) is 3.38. The van der Waals surface area contributed by atoms with Crippen molar-refractivity contribution in [3.8, 4) is 0 Å². The molecule has 0 spiro atoms. The Morgan fingerprint density at radius 3 is 3.16 bits per heavy atom. The highest BCUT2D eigenvalue weighted by Gasteiger charge is 2.28. The maximum Gasteiger partial charge on any atom is 0.223 e. The average molecular weight is 258 g/mol. The molecular formula is C14H18N4O. The Labute approximate surface area is 112 Å². The summed E-state index contributed by atoms with van der Waals surface area (Å²) >= 11 is 0. The Bertz CT molecular complexity index is 601. The van der Waals surface area contributed by atoms with Crippen molar-refractivity contribution in [2.45, 2.75) is 32.6 Å². The van der Waals surface area contributed by atoms with E-state index >= 15 is 0 Å². The minimum absolute atomic E-state index is 0.219. The molecule has 0 aliphatic heterocycles. The topological polar surface area (TPSA) is 59.3 Å². The Morgan fingerprint density at radius 2 is 2.37 bits per heavy atom. The molecule has 2 heterocycles. The number of amides is 1. The molecule has 0 bridgehead atoms. The van der Waals surface area contributed by atoms with Gasteiger partial charge in [0.25, 0.3) is 0 Å². The fourth-order valence-electron chi connectivity index (χ4n) is 2.16. The molecule has 0 saturated heterocycles. The minimum atomic E-state index is 0.219. The lowest BCUT2D eigenvalue weighted by Crippen LogP contribution is -2.26. The lowest BCUT2D eigenvalue weighted by molar-refractivity contribution is -0.122. The molecule has 1 aliphatic carbocycles. The number of hydrogen-bond donors (Lipinski definition) is 1. The normalized spacial score (nSPS) is 14.8. The van der Waals surface area contributed by atoms with Gasteiger partial charge in [0.1, 0.15) is 0 Å². The molecule has 0 unspecified atom stereocenters. The number of rotatable bonds is 5. The fourth-order valence-corrected chi connectivity index (χ4v) is 2.16. The third kappa shape index (κ3) is 2.92. The fraction of sp³-hybridized carbons (Fsp3) is 0.500. The van der Waals surface area contributed by atoms with Crippen LogP contribution < -0.4 is 5.32 Å². The summed E-state index contributed by atoms with van der Waals surface area (Å²) in [6.07, 6.45) is 7.87. The van der Waals surface area contributed by atoms with Crippen LogP contribution in [0.1, 0.15) is 30.5 Å². The largest absolute Gasteiger partial charge is 0.356 e. The number of carbonyl (C=O) groups excluding carboxylic acids is 1. The maximum absolute atomic E-state index is 11.5. The molecule has 100 valence electrons. The molecule has 5 nitrogen and oxygen atoms in total. The van der Waals surface area contributed by atoms with Gasteiger partial charge in [0, 0.05) is 30.9 Å². The summed E-state index contributed by atoms with van der Waals surface area (Å²) in [7, 11) is 0. The van der Waals surface area contributed by atoms with Gasteiger partial charge < -0.3 is 5.32 Å². The lowest BCUT2D eigenvalue weighted by Gasteiger charge is -2.04. The molecule has 5 heteroatoms. The van der Waals surface area contributed by atoms with E-state index in [1.165, 1.54) is 0 Å². The van der Waals surface area contributed by atoms with Gasteiger partial charge in [0.05, 0.1) is 5.69 Å². The molecule has 1 amide bonds. The molecule has 2 aromatic rings. The van der Waals surface area contributed by atoms with Crippen LogP contribution in [0.2, 0.25) is 0 Å². The Hall–Kier alpha value is -1.91. The van der Waals surface area contributed by atoms with E-state index < -0.39 is 0 Å². The van der Waals surface area contributed by atoms with Crippen LogP contribution in [0.5, 0.6) is 0 Å². The van der Waals surface area contributed by atoms with Crippen molar-refractivity contribution in [1.29, 1.82) is 0 Å². The van der Waals surface area contributed by atoms with E-state index in [2.05, 4.69) is 15.4 Å². The van der Waals surface area contributed by atoms with Crippen LogP contribution in [0.15, 0.2) is 18.5 Å². The van der Waals surface area contributed by atoms with Crippen LogP contribution in [0.3, 0.4) is 0 Å². The summed E-state index contributed by atoms with van der Waals surface area (Å²) in [5.41, 5.74) is 3.00. The van der Waals surface area contributed by atoms with Crippen molar-refractivity contribution in [1.82, 2.24) is 19.9 Å². The number of aryl methyl sites for hydroxylation is 2. The maximum atomic E-state index is 11.5. The van der Waals surface area contributed by atoms with E-state index in [4.69, 9.17) is 0 Å². The number of carbonyl (C=O) groups is 1. The monoisotopic (exact) mass is 258 g/mol. The van der Waals surface area contributed by atoms with Gasteiger partial charge in [-0.05, 0) is 38.2 Å². The van der Waals surface area contributed by atoms with Crippen molar-refractivity contribution in [2.24, 2.45) is 5.92 Å². The first-order valence-corrected chi connectivity index (χ1v) is 6.81. The molecule has 1 aliphatic rings.